The molecule has 106 valence electrons. The largest absolute Gasteiger partial charge is 0.326 e. The molecule has 1 saturated carbocycles. The Morgan fingerprint density at radius 2 is 1.80 bits per heavy atom. The third-order valence-electron chi connectivity index (χ3n) is 4.25. The average molecular weight is 270 g/mol. The minimum atomic E-state index is 0.558. The van der Waals surface area contributed by atoms with Gasteiger partial charge in [-0.2, -0.15) is 0 Å². The fourth-order valence-corrected chi connectivity index (χ4v) is 3.13. The van der Waals surface area contributed by atoms with Gasteiger partial charge in [-0.25, -0.2) is 0 Å². The Labute approximate surface area is 120 Å². The predicted octanol–water partition coefficient (Wildman–Crippen LogP) is 3.22. The van der Waals surface area contributed by atoms with Gasteiger partial charge < -0.3 is 10.3 Å². The van der Waals surface area contributed by atoms with E-state index in [1.54, 1.807) is 0 Å². The van der Waals surface area contributed by atoms with E-state index in [0.29, 0.717) is 12.6 Å². The maximum Gasteiger partial charge on any atom is 0.164 e. The van der Waals surface area contributed by atoms with Crippen LogP contribution in [0.25, 0.3) is 11.4 Å². The molecule has 20 heavy (non-hydrogen) atoms. The van der Waals surface area contributed by atoms with Crippen molar-refractivity contribution in [2.24, 2.45) is 5.73 Å². The number of rotatable bonds is 3. The molecular weight excluding hydrogens is 248 g/mol. The molecule has 1 aromatic carbocycles. The topological polar surface area (TPSA) is 56.7 Å². The summed E-state index contributed by atoms with van der Waals surface area (Å²) in [7, 11) is 0. The minimum absolute atomic E-state index is 0.558. The SMILES string of the molecule is Cc1nnc(-c2ccc(CN)cc2)n1C1CCCCC1. The van der Waals surface area contributed by atoms with E-state index in [2.05, 4.69) is 46.0 Å². The van der Waals surface area contributed by atoms with Crippen molar-refractivity contribution in [3.8, 4) is 11.4 Å². The summed E-state index contributed by atoms with van der Waals surface area (Å²) < 4.78 is 2.33. The fourth-order valence-electron chi connectivity index (χ4n) is 3.13. The van der Waals surface area contributed by atoms with Crippen LogP contribution in [0.3, 0.4) is 0 Å². The van der Waals surface area contributed by atoms with Crippen LogP contribution in [0.4, 0.5) is 0 Å². The monoisotopic (exact) mass is 270 g/mol. The molecule has 0 bridgehead atoms. The Bertz CT molecular complexity index is 565. The number of hydrogen-bond acceptors (Lipinski definition) is 3. The van der Waals surface area contributed by atoms with Gasteiger partial charge in [0, 0.05) is 18.2 Å². The summed E-state index contributed by atoms with van der Waals surface area (Å²) in [5.41, 5.74) is 7.94. The minimum Gasteiger partial charge on any atom is -0.326 e. The van der Waals surface area contributed by atoms with Gasteiger partial charge in [-0.15, -0.1) is 10.2 Å². The van der Waals surface area contributed by atoms with Gasteiger partial charge in [0.25, 0.3) is 0 Å². The smallest absolute Gasteiger partial charge is 0.164 e. The molecule has 0 amide bonds. The Morgan fingerprint density at radius 3 is 2.45 bits per heavy atom. The molecule has 4 heteroatoms. The summed E-state index contributed by atoms with van der Waals surface area (Å²) in [6.07, 6.45) is 6.47. The van der Waals surface area contributed by atoms with E-state index in [0.717, 1.165) is 22.8 Å². The van der Waals surface area contributed by atoms with Gasteiger partial charge in [0.15, 0.2) is 5.82 Å². The molecule has 0 radical (unpaired) electrons. The second-order valence-corrected chi connectivity index (χ2v) is 5.63. The van der Waals surface area contributed by atoms with E-state index in [1.165, 1.54) is 32.1 Å². The van der Waals surface area contributed by atoms with Crippen molar-refractivity contribution < 1.29 is 0 Å². The van der Waals surface area contributed by atoms with E-state index in [9.17, 15) is 0 Å². The van der Waals surface area contributed by atoms with Gasteiger partial charge in [0.1, 0.15) is 5.82 Å². The first-order chi connectivity index (χ1) is 9.79. The van der Waals surface area contributed by atoms with Crippen LogP contribution in [-0.4, -0.2) is 14.8 Å². The van der Waals surface area contributed by atoms with Crippen molar-refractivity contribution >= 4 is 0 Å². The zero-order chi connectivity index (χ0) is 13.9. The molecule has 1 aliphatic carbocycles. The van der Waals surface area contributed by atoms with Crippen molar-refractivity contribution in [3.63, 3.8) is 0 Å². The summed E-state index contributed by atoms with van der Waals surface area (Å²) in [5.74, 6) is 2.02. The van der Waals surface area contributed by atoms with Gasteiger partial charge in [-0.3, -0.25) is 0 Å². The van der Waals surface area contributed by atoms with Crippen molar-refractivity contribution in [3.05, 3.63) is 35.7 Å². The number of benzene rings is 1. The third-order valence-corrected chi connectivity index (χ3v) is 4.25. The number of hydrogen-bond donors (Lipinski definition) is 1. The lowest BCUT2D eigenvalue weighted by Crippen LogP contribution is -2.15. The molecule has 0 saturated heterocycles. The quantitative estimate of drug-likeness (QED) is 0.931. The molecule has 1 heterocycles. The summed E-state index contributed by atoms with van der Waals surface area (Å²) in [6.45, 7) is 2.63. The second-order valence-electron chi connectivity index (χ2n) is 5.63. The maximum absolute atomic E-state index is 5.66. The number of aromatic nitrogens is 3. The molecular formula is C16H22N4. The van der Waals surface area contributed by atoms with Gasteiger partial charge in [0.05, 0.1) is 0 Å². The highest BCUT2D eigenvalue weighted by atomic mass is 15.3. The molecule has 1 fully saturated rings. The number of nitrogens with two attached hydrogens (primary N) is 1. The first kappa shape index (κ1) is 13.3. The highest BCUT2D eigenvalue weighted by molar-refractivity contribution is 5.56. The molecule has 1 aromatic heterocycles. The molecule has 3 rings (SSSR count). The summed E-state index contributed by atoms with van der Waals surface area (Å²) in [5, 5.41) is 8.70. The van der Waals surface area contributed by atoms with Crippen molar-refractivity contribution in [1.82, 2.24) is 14.8 Å². The van der Waals surface area contributed by atoms with Crippen LogP contribution in [-0.2, 0) is 6.54 Å². The Balaban J connectivity index is 1.96. The van der Waals surface area contributed by atoms with Crippen LogP contribution < -0.4 is 5.73 Å². The van der Waals surface area contributed by atoms with Crippen molar-refractivity contribution in [2.75, 3.05) is 0 Å². The first-order valence-electron chi connectivity index (χ1n) is 7.50. The molecule has 4 nitrogen and oxygen atoms in total. The van der Waals surface area contributed by atoms with Gasteiger partial charge in [0.2, 0.25) is 0 Å². The Kier molecular flexibility index (Phi) is 3.83. The Morgan fingerprint density at radius 1 is 1.10 bits per heavy atom. The lowest BCUT2D eigenvalue weighted by Gasteiger charge is -2.25. The number of nitrogens with zero attached hydrogens (tertiary/aromatic N) is 3. The molecule has 0 spiro atoms. The van der Waals surface area contributed by atoms with E-state index >= 15 is 0 Å². The summed E-state index contributed by atoms with van der Waals surface area (Å²) >= 11 is 0. The standard InChI is InChI=1S/C16H22N4/c1-12-18-19-16(14-9-7-13(11-17)8-10-14)20(12)15-5-3-2-4-6-15/h7-10,15H,2-6,11,17H2,1H3. The van der Waals surface area contributed by atoms with Crippen LogP contribution >= 0.6 is 0 Å². The summed E-state index contributed by atoms with van der Waals surface area (Å²) in [4.78, 5) is 0. The van der Waals surface area contributed by atoms with Crippen LogP contribution in [0.1, 0.15) is 49.5 Å². The fraction of sp³-hybridized carbons (Fsp3) is 0.500. The molecule has 0 atom stereocenters. The zero-order valence-corrected chi connectivity index (χ0v) is 12.0. The second kappa shape index (κ2) is 5.75. The average Bonchev–Trinajstić information content (AvgIpc) is 2.90. The maximum atomic E-state index is 5.66. The third kappa shape index (κ3) is 2.48. The zero-order valence-electron chi connectivity index (χ0n) is 12.0. The Hall–Kier alpha value is -1.68. The number of aryl methyl sites for hydroxylation is 1. The van der Waals surface area contributed by atoms with E-state index in [-0.39, 0.29) is 0 Å². The van der Waals surface area contributed by atoms with Gasteiger partial charge in [-0.1, -0.05) is 43.5 Å². The van der Waals surface area contributed by atoms with E-state index < -0.39 is 0 Å². The van der Waals surface area contributed by atoms with Crippen molar-refractivity contribution in [1.29, 1.82) is 0 Å². The van der Waals surface area contributed by atoms with Crippen molar-refractivity contribution in [2.45, 2.75) is 51.6 Å². The van der Waals surface area contributed by atoms with E-state index in [1.807, 2.05) is 0 Å². The summed E-state index contributed by atoms with van der Waals surface area (Å²) in [6, 6.07) is 8.91. The highest BCUT2D eigenvalue weighted by Crippen LogP contribution is 2.32. The van der Waals surface area contributed by atoms with Crippen LogP contribution in [0.2, 0.25) is 0 Å². The van der Waals surface area contributed by atoms with Crippen LogP contribution in [0, 0.1) is 6.92 Å². The van der Waals surface area contributed by atoms with E-state index in [4.69, 9.17) is 5.73 Å². The molecule has 0 unspecified atom stereocenters. The van der Waals surface area contributed by atoms with Gasteiger partial charge >= 0.3 is 0 Å². The molecule has 0 aliphatic heterocycles. The normalized spacial score (nSPS) is 16.5. The first-order valence-corrected chi connectivity index (χ1v) is 7.50. The molecule has 2 N–H and O–H groups in total. The predicted molar refractivity (Wildman–Crippen MR) is 80.2 cm³/mol. The van der Waals surface area contributed by atoms with Crippen LogP contribution in [0.15, 0.2) is 24.3 Å². The molecule has 2 aromatic rings. The lowest BCUT2D eigenvalue weighted by atomic mass is 9.95. The van der Waals surface area contributed by atoms with Gasteiger partial charge in [-0.05, 0) is 25.3 Å². The lowest BCUT2D eigenvalue weighted by molar-refractivity contribution is 0.350. The van der Waals surface area contributed by atoms with Crippen LogP contribution in [0.5, 0.6) is 0 Å². The highest BCUT2D eigenvalue weighted by Gasteiger charge is 2.21. The molecule has 1 aliphatic rings.